The van der Waals surface area contributed by atoms with E-state index in [-0.39, 0.29) is 6.04 Å². The van der Waals surface area contributed by atoms with E-state index < -0.39 is 5.97 Å². The quantitative estimate of drug-likeness (QED) is 0.654. The number of carbonyl (C=O) groups is 1. The molecule has 5 rings (SSSR count). The summed E-state index contributed by atoms with van der Waals surface area (Å²) in [7, 11) is 0. The number of hydrogen-bond acceptors (Lipinski definition) is 5. The van der Waals surface area contributed by atoms with Gasteiger partial charge in [0.1, 0.15) is 6.07 Å². The van der Waals surface area contributed by atoms with Gasteiger partial charge in [-0.15, -0.1) is 0 Å². The molecular formula is C25H26N4O3. The highest BCUT2D eigenvalue weighted by molar-refractivity contribution is 5.92. The third-order valence-electron chi connectivity index (χ3n) is 6.78. The standard InChI is InChI=1S/C25H26N4O3/c1-15-22(25(30)31)12-21-11-20(18-9-17-3-4-27-23(17)19(10-18)13-26)14-29(21)24(15)16(2)28-5-7-32-8-6-28/h9-12,14,16,27H,3-8H2,1-2H3,(H,30,31). The average molecular weight is 431 g/mol. The van der Waals surface area contributed by atoms with Crippen LogP contribution in [0.2, 0.25) is 0 Å². The van der Waals surface area contributed by atoms with E-state index in [9.17, 15) is 15.2 Å². The molecule has 2 N–H and O–H groups in total. The second kappa shape index (κ2) is 7.97. The maximum atomic E-state index is 12.0. The number of benzene rings is 1. The summed E-state index contributed by atoms with van der Waals surface area (Å²) in [5.41, 5.74) is 7.63. The van der Waals surface area contributed by atoms with Gasteiger partial charge in [-0.1, -0.05) is 0 Å². The number of morpholine rings is 1. The van der Waals surface area contributed by atoms with Crippen LogP contribution in [0.25, 0.3) is 16.6 Å². The molecule has 3 aromatic rings. The zero-order chi connectivity index (χ0) is 22.4. The lowest BCUT2D eigenvalue weighted by molar-refractivity contribution is 0.0187. The maximum Gasteiger partial charge on any atom is 0.336 e. The van der Waals surface area contributed by atoms with E-state index in [0.29, 0.717) is 24.3 Å². The predicted molar refractivity (Wildman–Crippen MR) is 122 cm³/mol. The normalized spacial score (nSPS) is 17.0. The smallest absolute Gasteiger partial charge is 0.336 e. The van der Waals surface area contributed by atoms with Crippen molar-refractivity contribution in [2.45, 2.75) is 26.3 Å². The lowest BCUT2D eigenvalue weighted by Gasteiger charge is -2.34. The van der Waals surface area contributed by atoms with Crippen LogP contribution in [0.1, 0.15) is 45.7 Å². The fraction of sp³-hybridized carbons (Fsp3) is 0.360. The lowest BCUT2D eigenvalue weighted by Crippen LogP contribution is -2.39. The topological polar surface area (TPSA) is 90.0 Å². The molecule has 1 unspecified atom stereocenters. The number of ether oxygens (including phenoxy) is 1. The summed E-state index contributed by atoms with van der Waals surface area (Å²) in [6.45, 7) is 7.86. The van der Waals surface area contributed by atoms with Gasteiger partial charge in [-0.3, -0.25) is 4.90 Å². The maximum absolute atomic E-state index is 12.0. The van der Waals surface area contributed by atoms with Gasteiger partial charge in [0.15, 0.2) is 0 Å². The van der Waals surface area contributed by atoms with Gasteiger partial charge in [0.2, 0.25) is 0 Å². The number of aromatic nitrogens is 1. The van der Waals surface area contributed by atoms with Crippen LogP contribution in [0.15, 0.2) is 30.5 Å². The molecule has 1 fully saturated rings. The molecule has 0 radical (unpaired) electrons. The summed E-state index contributed by atoms with van der Waals surface area (Å²) in [6.07, 6.45) is 2.97. The highest BCUT2D eigenvalue weighted by Gasteiger charge is 2.26. The van der Waals surface area contributed by atoms with Gasteiger partial charge in [0, 0.05) is 48.6 Å². The van der Waals surface area contributed by atoms with Crippen LogP contribution >= 0.6 is 0 Å². The van der Waals surface area contributed by atoms with Crippen LogP contribution in [0.5, 0.6) is 0 Å². The van der Waals surface area contributed by atoms with Gasteiger partial charge < -0.3 is 19.6 Å². The van der Waals surface area contributed by atoms with Crippen molar-refractivity contribution in [3.63, 3.8) is 0 Å². The van der Waals surface area contributed by atoms with E-state index >= 15 is 0 Å². The Morgan fingerprint density at radius 3 is 2.72 bits per heavy atom. The molecule has 1 aromatic carbocycles. The molecule has 32 heavy (non-hydrogen) atoms. The molecule has 2 aromatic heterocycles. The van der Waals surface area contributed by atoms with Crippen LogP contribution in [0.4, 0.5) is 5.69 Å². The first-order chi connectivity index (χ1) is 15.5. The third kappa shape index (κ3) is 3.32. The largest absolute Gasteiger partial charge is 0.478 e. The van der Waals surface area contributed by atoms with E-state index in [0.717, 1.165) is 65.2 Å². The Hall–Kier alpha value is -3.34. The van der Waals surface area contributed by atoms with Gasteiger partial charge in [0.25, 0.3) is 0 Å². The number of fused-ring (bicyclic) bond motifs is 2. The molecule has 0 bridgehead atoms. The molecule has 0 saturated carbocycles. The highest BCUT2D eigenvalue weighted by Crippen LogP contribution is 2.35. The Morgan fingerprint density at radius 1 is 1.22 bits per heavy atom. The van der Waals surface area contributed by atoms with Crippen molar-refractivity contribution in [1.82, 2.24) is 9.30 Å². The van der Waals surface area contributed by atoms with E-state index in [1.807, 2.05) is 19.1 Å². The molecule has 0 spiro atoms. The molecule has 7 heteroatoms. The van der Waals surface area contributed by atoms with Gasteiger partial charge in [0.05, 0.1) is 30.0 Å². The van der Waals surface area contributed by atoms with Crippen LogP contribution in [-0.2, 0) is 11.2 Å². The number of carboxylic acid groups (broad SMARTS) is 1. The minimum Gasteiger partial charge on any atom is -0.478 e. The average Bonchev–Trinajstić information content (AvgIpc) is 3.44. The van der Waals surface area contributed by atoms with Gasteiger partial charge in [-0.25, -0.2) is 4.79 Å². The molecule has 2 aliphatic rings. The summed E-state index contributed by atoms with van der Waals surface area (Å²) >= 11 is 0. The fourth-order valence-electron chi connectivity index (χ4n) is 5.09. The fourth-order valence-corrected chi connectivity index (χ4v) is 5.09. The minimum absolute atomic E-state index is 0.0415. The second-order valence-electron chi connectivity index (χ2n) is 8.57. The van der Waals surface area contributed by atoms with Crippen molar-refractivity contribution < 1.29 is 14.6 Å². The summed E-state index contributed by atoms with van der Waals surface area (Å²) in [5.74, 6) is -0.918. The number of rotatable bonds is 4. The van der Waals surface area contributed by atoms with Crippen molar-refractivity contribution in [3.8, 4) is 17.2 Å². The molecule has 2 aliphatic heterocycles. The number of pyridine rings is 1. The van der Waals surface area contributed by atoms with Crippen LogP contribution in [0, 0.1) is 18.3 Å². The zero-order valence-corrected chi connectivity index (χ0v) is 18.3. The van der Waals surface area contributed by atoms with Gasteiger partial charge in [-0.05, 0) is 61.2 Å². The summed E-state index contributed by atoms with van der Waals surface area (Å²) in [5, 5.41) is 22.8. The van der Waals surface area contributed by atoms with Crippen molar-refractivity contribution in [1.29, 1.82) is 5.26 Å². The first kappa shape index (κ1) is 20.6. The molecule has 1 atom stereocenters. The third-order valence-corrected chi connectivity index (χ3v) is 6.78. The van der Waals surface area contributed by atoms with E-state index in [1.54, 1.807) is 6.07 Å². The molecule has 7 nitrogen and oxygen atoms in total. The van der Waals surface area contributed by atoms with Crippen LogP contribution in [-0.4, -0.2) is 53.2 Å². The molecule has 0 amide bonds. The van der Waals surface area contributed by atoms with Crippen LogP contribution in [0.3, 0.4) is 0 Å². The highest BCUT2D eigenvalue weighted by atomic mass is 16.5. The number of nitriles is 1. The van der Waals surface area contributed by atoms with Gasteiger partial charge in [-0.2, -0.15) is 5.26 Å². The second-order valence-corrected chi connectivity index (χ2v) is 8.57. The number of carboxylic acids is 1. The molecule has 0 aliphatic carbocycles. The molecule has 1 saturated heterocycles. The zero-order valence-electron chi connectivity index (χ0n) is 18.3. The minimum atomic E-state index is -0.918. The van der Waals surface area contributed by atoms with E-state index in [1.165, 1.54) is 0 Å². The van der Waals surface area contributed by atoms with E-state index in [4.69, 9.17) is 4.74 Å². The number of nitrogens with zero attached hydrogens (tertiary/aromatic N) is 3. The predicted octanol–water partition coefficient (Wildman–Crippen LogP) is 3.85. The molecule has 4 heterocycles. The Labute approximate surface area is 186 Å². The number of nitrogens with one attached hydrogen (secondary N) is 1. The van der Waals surface area contributed by atoms with Crippen LogP contribution < -0.4 is 5.32 Å². The van der Waals surface area contributed by atoms with Crippen molar-refractivity contribution in [3.05, 3.63) is 58.4 Å². The van der Waals surface area contributed by atoms with Crippen molar-refractivity contribution in [2.24, 2.45) is 0 Å². The van der Waals surface area contributed by atoms with E-state index in [2.05, 4.69) is 39.9 Å². The van der Waals surface area contributed by atoms with Crippen molar-refractivity contribution >= 4 is 17.2 Å². The number of aromatic carboxylic acids is 1. The molecular weight excluding hydrogens is 404 g/mol. The van der Waals surface area contributed by atoms with Crippen molar-refractivity contribution in [2.75, 3.05) is 38.2 Å². The lowest BCUT2D eigenvalue weighted by atomic mass is 10.00. The molecule has 164 valence electrons. The SMILES string of the molecule is Cc1c(C(=O)O)cc2cc(-c3cc(C#N)c4c(c3)CCN4)cn2c1C(C)N1CCOCC1. The number of hydrogen-bond donors (Lipinski definition) is 2. The summed E-state index contributed by atoms with van der Waals surface area (Å²) in [4.78, 5) is 14.4. The monoisotopic (exact) mass is 430 g/mol. The summed E-state index contributed by atoms with van der Waals surface area (Å²) in [6, 6.07) is 10.2. The number of anilines is 1. The van der Waals surface area contributed by atoms with Gasteiger partial charge >= 0.3 is 5.97 Å². The Balaban J connectivity index is 1.68. The Kier molecular flexibility index (Phi) is 5.12. The summed E-state index contributed by atoms with van der Waals surface area (Å²) < 4.78 is 7.63. The first-order valence-corrected chi connectivity index (χ1v) is 11.0. The Morgan fingerprint density at radius 2 is 2.00 bits per heavy atom. The first-order valence-electron chi connectivity index (χ1n) is 11.0. The Bertz CT molecular complexity index is 1260.